The average Bonchev–Trinajstić information content (AvgIpc) is 2.89. The molecule has 0 saturated heterocycles. The molecular weight excluding hydrogens is 517 g/mol. The van der Waals surface area contributed by atoms with E-state index in [2.05, 4.69) is 149 Å². The molecule has 3 aromatic carbocycles. The molecule has 0 amide bonds. The first-order valence-electron chi connectivity index (χ1n) is 15.3. The molecule has 0 aliphatic carbocycles. The maximum Gasteiger partial charge on any atom is 0.127 e. The van der Waals surface area contributed by atoms with E-state index in [1.807, 2.05) is 0 Å². The molecule has 222 valence electrons. The lowest BCUT2D eigenvalue weighted by Crippen LogP contribution is -2.26. The highest BCUT2D eigenvalue weighted by Crippen LogP contribution is 2.52. The molecule has 0 aromatic heterocycles. The minimum Gasteiger partial charge on any atom is -0.488 e. The van der Waals surface area contributed by atoms with Crippen molar-refractivity contribution in [2.75, 3.05) is 0 Å². The minimum absolute atomic E-state index is 0.0265. The molecule has 0 aliphatic rings. The van der Waals surface area contributed by atoms with Crippen LogP contribution in [0.1, 0.15) is 123 Å². The van der Waals surface area contributed by atoms with Gasteiger partial charge in [-0.05, 0) is 60.0 Å². The Hall–Kier alpha value is -2.44. The summed E-state index contributed by atoms with van der Waals surface area (Å²) in [5.74, 6) is 1.07. The maximum absolute atomic E-state index is 6.91. The van der Waals surface area contributed by atoms with Crippen molar-refractivity contribution in [3.05, 3.63) is 94.5 Å². The van der Waals surface area contributed by atoms with E-state index in [1.165, 1.54) is 46.0 Å². The highest BCUT2D eigenvalue weighted by Gasteiger charge is 2.35. The van der Waals surface area contributed by atoms with E-state index in [0.717, 1.165) is 12.2 Å². The number of hydrogen-bond donors (Lipinski definition) is 0. The van der Waals surface area contributed by atoms with E-state index in [0.29, 0.717) is 15.2 Å². The van der Waals surface area contributed by atoms with Crippen LogP contribution in [0.2, 0.25) is 0 Å². The van der Waals surface area contributed by atoms with Gasteiger partial charge in [0, 0.05) is 22.5 Å². The van der Waals surface area contributed by atoms with Crippen molar-refractivity contribution < 1.29 is 4.74 Å². The largest absolute Gasteiger partial charge is 0.488 e. The van der Waals surface area contributed by atoms with Crippen LogP contribution in [0.15, 0.2) is 71.7 Å². The third-order valence-corrected chi connectivity index (χ3v) is 9.37. The van der Waals surface area contributed by atoms with Gasteiger partial charge in [0.2, 0.25) is 0 Å². The second kappa shape index (κ2) is 13.2. The fourth-order valence-electron chi connectivity index (χ4n) is 4.99. The summed E-state index contributed by atoms with van der Waals surface area (Å²) < 4.78 is 6.91. The molecule has 0 aliphatic heterocycles. The molecule has 2 nitrogen and oxygen atoms in total. The standard InChI is InChI=1S/C38H54NOP/c1-12-13-23-38(11,41-33-22-18-17-21-29(33)26-39-37(8,9)10)32-25-30(35(2,3)4)24-31(36(5,6)7)34(32)40-27-28-19-15-14-16-20-28/h14-22,24-26,41H,12-13,23,27H2,1-11H3. The van der Waals surface area contributed by atoms with Crippen molar-refractivity contribution in [2.24, 2.45) is 4.99 Å². The SMILES string of the molecule is CCCCC(C)(Pc1ccccc1C=NC(C)(C)C)c1cc(C(C)(C)C)cc(C(C)(C)C)c1OCc1ccccc1. The molecule has 0 fully saturated rings. The number of unbranched alkanes of at least 4 members (excludes halogenated alkanes) is 1. The summed E-state index contributed by atoms with van der Waals surface area (Å²) in [5.41, 5.74) is 6.29. The summed E-state index contributed by atoms with van der Waals surface area (Å²) in [6.45, 7) is 25.7. The van der Waals surface area contributed by atoms with Gasteiger partial charge in [-0.25, -0.2) is 0 Å². The molecule has 0 radical (unpaired) electrons. The summed E-state index contributed by atoms with van der Waals surface area (Å²) in [4.78, 5) is 4.88. The Balaban J connectivity index is 2.27. The van der Waals surface area contributed by atoms with Gasteiger partial charge in [0.05, 0.1) is 5.54 Å². The molecule has 0 N–H and O–H groups in total. The molecule has 3 heteroatoms. The first-order valence-corrected chi connectivity index (χ1v) is 16.3. The third kappa shape index (κ3) is 9.27. The van der Waals surface area contributed by atoms with Crippen LogP contribution in [0.3, 0.4) is 0 Å². The van der Waals surface area contributed by atoms with E-state index < -0.39 is 0 Å². The zero-order valence-electron chi connectivity index (χ0n) is 27.6. The van der Waals surface area contributed by atoms with Crippen LogP contribution >= 0.6 is 8.58 Å². The van der Waals surface area contributed by atoms with Crippen LogP contribution in [0, 0.1) is 0 Å². The minimum atomic E-state index is -0.108. The molecule has 0 heterocycles. The van der Waals surface area contributed by atoms with Gasteiger partial charge < -0.3 is 4.74 Å². The monoisotopic (exact) mass is 571 g/mol. The lowest BCUT2D eigenvalue weighted by atomic mass is 9.76. The van der Waals surface area contributed by atoms with Crippen LogP contribution in [0.25, 0.3) is 0 Å². The summed E-state index contributed by atoms with van der Waals surface area (Å²) in [5, 5.41) is 1.28. The lowest BCUT2D eigenvalue weighted by molar-refractivity contribution is 0.290. The number of ether oxygens (including phenoxy) is 1. The quantitative estimate of drug-likeness (QED) is 0.175. The molecule has 2 atom stereocenters. The van der Waals surface area contributed by atoms with E-state index in [1.54, 1.807) is 0 Å². The summed E-state index contributed by atoms with van der Waals surface area (Å²) in [6, 6.07) is 24.3. The van der Waals surface area contributed by atoms with Crippen LogP contribution in [0.4, 0.5) is 0 Å². The Morgan fingerprint density at radius 1 is 0.756 bits per heavy atom. The zero-order chi connectivity index (χ0) is 30.5. The molecule has 0 saturated carbocycles. The summed E-state index contributed by atoms with van der Waals surface area (Å²) in [6.07, 6.45) is 5.52. The van der Waals surface area contributed by atoms with E-state index in [-0.39, 0.29) is 21.5 Å². The van der Waals surface area contributed by atoms with Crippen LogP contribution < -0.4 is 10.0 Å². The topological polar surface area (TPSA) is 21.6 Å². The smallest absolute Gasteiger partial charge is 0.127 e. The number of hydrogen-bond acceptors (Lipinski definition) is 2. The second-order valence-electron chi connectivity index (χ2n) is 14.8. The van der Waals surface area contributed by atoms with Gasteiger partial charge in [0.1, 0.15) is 12.4 Å². The second-order valence-corrected chi connectivity index (χ2v) is 16.6. The first kappa shape index (κ1) is 33.1. The van der Waals surface area contributed by atoms with Crippen molar-refractivity contribution in [3.8, 4) is 5.75 Å². The lowest BCUT2D eigenvalue weighted by Gasteiger charge is -2.37. The average molecular weight is 572 g/mol. The maximum atomic E-state index is 6.91. The van der Waals surface area contributed by atoms with E-state index in [4.69, 9.17) is 9.73 Å². The molecule has 41 heavy (non-hydrogen) atoms. The van der Waals surface area contributed by atoms with Crippen molar-refractivity contribution >= 4 is 20.1 Å². The van der Waals surface area contributed by atoms with E-state index >= 15 is 0 Å². The molecule has 0 spiro atoms. The van der Waals surface area contributed by atoms with E-state index in [9.17, 15) is 0 Å². The van der Waals surface area contributed by atoms with Crippen molar-refractivity contribution in [1.29, 1.82) is 0 Å². The molecule has 0 bridgehead atoms. The predicted octanol–water partition coefficient (Wildman–Crippen LogP) is 10.5. The first-order chi connectivity index (χ1) is 19.0. The normalized spacial score (nSPS) is 14.6. The van der Waals surface area contributed by atoms with Crippen LogP contribution in [-0.4, -0.2) is 11.8 Å². The zero-order valence-corrected chi connectivity index (χ0v) is 28.6. The van der Waals surface area contributed by atoms with Gasteiger partial charge in [-0.3, -0.25) is 4.99 Å². The van der Waals surface area contributed by atoms with Crippen LogP contribution in [-0.2, 0) is 22.6 Å². The third-order valence-electron chi connectivity index (χ3n) is 7.58. The van der Waals surface area contributed by atoms with Crippen molar-refractivity contribution in [1.82, 2.24) is 0 Å². The van der Waals surface area contributed by atoms with Gasteiger partial charge >= 0.3 is 0 Å². The number of benzene rings is 3. The number of nitrogens with zero attached hydrogens (tertiary/aromatic N) is 1. The Bertz CT molecular complexity index is 1300. The Morgan fingerprint density at radius 2 is 1.37 bits per heavy atom. The van der Waals surface area contributed by atoms with Crippen molar-refractivity contribution in [3.63, 3.8) is 0 Å². The van der Waals surface area contributed by atoms with Gasteiger partial charge in [-0.15, -0.1) is 0 Å². The molecule has 2 unspecified atom stereocenters. The van der Waals surface area contributed by atoms with Gasteiger partial charge in [-0.2, -0.15) is 0 Å². The van der Waals surface area contributed by atoms with Crippen molar-refractivity contribution in [2.45, 2.75) is 124 Å². The fraction of sp³-hybridized carbons (Fsp3) is 0.500. The molecule has 3 aromatic rings. The molecular formula is C38H54NOP. The highest BCUT2D eigenvalue weighted by molar-refractivity contribution is 7.48. The molecule has 3 rings (SSSR count). The fourth-order valence-corrected chi connectivity index (χ4v) is 6.68. The Kier molecular flexibility index (Phi) is 10.7. The van der Waals surface area contributed by atoms with Gasteiger partial charge in [0.15, 0.2) is 0 Å². The van der Waals surface area contributed by atoms with Gasteiger partial charge in [-0.1, -0.05) is 144 Å². The van der Waals surface area contributed by atoms with Crippen LogP contribution in [0.5, 0.6) is 5.75 Å². The van der Waals surface area contributed by atoms with Gasteiger partial charge in [0.25, 0.3) is 0 Å². The Morgan fingerprint density at radius 3 is 1.95 bits per heavy atom. The summed E-state index contributed by atoms with van der Waals surface area (Å²) >= 11 is 0. The number of rotatable bonds is 10. The Labute approximate surface area is 253 Å². The number of aliphatic imine (C=N–C) groups is 1. The predicted molar refractivity (Wildman–Crippen MR) is 183 cm³/mol. The highest BCUT2D eigenvalue weighted by atomic mass is 31.1. The summed E-state index contributed by atoms with van der Waals surface area (Å²) in [7, 11) is 0.584.